The normalized spacial score (nSPS) is 21.1. The van der Waals surface area contributed by atoms with Crippen LogP contribution in [0.2, 0.25) is 0 Å². The Balaban J connectivity index is 1.20. The number of fused-ring (bicyclic) bond motifs is 1. The van der Waals surface area contributed by atoms with Crippen LogP contribution < -0.4 is 15.4 Å². The molecule has 4 amide bonds. The van der Waals surface area contributed by atoms with Crippen molar-refractivity contribution in [1.29, 1.82) is 0 Å². The number of hydrogen-bond acceptors (Lipinski definition) is 10. The second kappa shape index (κ2) is 16.1. The summed E-state index contributed by atoms with van der Waals surface area (Å²) in [5.74, 6) is -1.96. The SMILES string of the molecule is C/C=C\CCCCC[C@H](Nc1ncc(C(C)C)s1)C(=O)N1C[C@H](OC(=O)N2Cc3cccc(F)c3C2)C[C@H]1C(=O)NC1(C(=O)NS(=O)(=O)C2CC2)CC1. The Bertz CT molecular complexity index is 1840. The highest BCUT2D eigenvalue weighted by molar-refractivity contribution is 7.91. The molecule has 1 saturated heterocycles. The zero-order valence-corrected chi connectivity index (χ0v) is 32.1. The maximum absolute atomic E-state index is 14.5. The highest BCUT2D eigenvalue weighted by Gasteiger charge is 2.55. The fraction of sp³-hybridized carbons (Fsp3) is 0.595. The second-order valence-electron chi connectivity index (χ2n) is 14.9. The van der Waals surface area contributed by atoms with Gasteiger partial charge in [-0.05, 0) is 69.4 Å². The van der Waals surface area contributed by atoms with E-state index in [1.807, 2.05) is 13.0 Å². The Hall–Kier alpha value is -4.05. The number of carbonyl (C=O) groups excluding carboxylic acids is 4. The van der Waals surface area contributed by atoms with Crippen LogP contribution in [0, 0.1) is 5.82 Å². The lowest BCUT2D eigenvalue weighted by Gasteiger charge is -2.29. The average Bonchev–Trinajstić information content (AvgIpc) is 3.97. The largest absolute Gasteiger partial charge is 0.444 e. The number of nitrogens with zero attached hydrogens (tertiary/aromatic N) is 3. The number of carbonyl (C=O) groups is 4. The fourth-order valence-electron chi connectivity index (χ4n) is 6.82. The molecule has 2 aliphatic carbocycles. The van der Waals surface area contributed by atoms with Gasteiger partial charge in [0.05, 0.1) is 18.3 Å². The molecule has 3 atom stereocenters. The van der Waals surface area contributed by atoms with Gasteiger partial charge in [0.2, 0.25) is 21.8 Å². The predicted octanol–water partition coefficient (Wildman–Crippen LogP) is 5.09. The monoisotopic (exact) mass is 772 g/mol. The van der Waals surface area contributed by atoms with Crippen LogP contribution in [0.3, 0.4) is 0 Å². The molecule has 1 aromatic heterocycles. The summed E-state index contributed by atoms with van der Waals surface area (Å²) in [7, 11) is -3.84. The molecule has 53 heavy (non-hydrogen) atoms. The Morgan fingerprint density at radius 1 is 1.13 bits per heavy atom. The van der Waals surface area contributed by atoms with E-state index in [9.17, 15) is 32.0 Å². The van der Waals surface area contributed by atoms with Gasteiger partial charge in [-0.25, -0.2) is 22.6 Å². The number of anilines is 1. The van der Waals surface area contributed by atoms with Crippen LogP contribution in [0.4, 0.5) is 14.3 Å². The quantitative estimate of drug-likeness (QED) is 0.156. The third-order valence-electron chi connectivity index (χ3n) is 10.3. The minimum absolute atomic E-state index is 0.0355. The van der Waals surface area contributed by atoms with Crippen LogP contribution in [0.15, 0.2) is 36.5 Å². The Morgan fingerprint density at radius 3 is 2.57 bits per heavy atom. The molecule has 0 unspecified atom stereocenters. The molecule has 2 aromatic rings. The lowest BCUT2D eigenvalue weighted by molar-refractivity contribution is -0.140. The third-order valence-corrected chi connectivity index (χ3v) is 13.4. The highest BCUT2D eigenvalue weighted by Crippen LogP contribution is 2.38. The fourth-order valence-corrected chi connectivity index (χ4v) is 9.07. The molecule has 288 valence electrons. The van der Waals surface area contributed by atoms with E-state index in [0.29, 0.717) is 35.5 Å². The Labute approximate surface area is 314 Å². The van der Waals surface area contributed by atoms with E-state index in [-0.39, 0.29) is 50.7 Å². The summed E-state index contributed by atoms with van der Waals surface area (Å²) in [5.41, 5.74) is -0.308. The molecule has 16 heteroatoms. The van der Waals surface area contributed by atoms with Gasteiger partial charge in [0.25, 0.3) is 5.91 Å². The predicted molar refractivity (Wildman–Crippen MR) is 198 cm³/mol. The minimum atomic E-state index is -3.84. The summed E-state index contributed by atoms with van der Waals surface area (Å²) in [6.07, 6.45) is 9.70. The molecule has 2 saturated carbocycles. The lowest BCUT2D eigenvalue weighted by atomic mass is 10.0. The molecule has 3 heterocycles. The molecule has 6 rings (SSSR count). The molecular weight excluding hydrogens is 724 g/mol. The summed E-state index contributed by atoms with van der Waals surface area (Å²) >= 11 is 1.46. The first-order valence-corrected chi connectivity index (χ1v) is 20.9. The van der Waals surface area contributed by atoms with Crippen molar-refractivity contribution in [2.45, 2.75) is 133 Å². The smallest absolute Gasteiger partial charge is 0.410 e. The van der Waals surface area contributed by atoms with Crippen LogP contribution in [0.5, 0.6) is 0 Å². The summed E-state index contributed by atoms with van der Waals surface area (Å²) in [4.78, 5) is 63.5. The van der Waals surface area contributed by atoms with E-state index in [4.69, 9.17) is 4.74 Å². The first kappa shape index (κ1) is 38.7. The molecular formula is C37H49FN6O7S2. The maximum atomic E-state index is 14.5. The number of hydrogen-bond donors (Lipinski definition) is 3. The van der Waals surface area contributed by atoms with Crippen molar-refractivity contribution in [3.8, 4) is 0 Å². The van der Waals surface area contributed by atoms with Gasteiger partial charge < -0.3 is 20.3 Å². The summed E-state index contributed by atoms with van der Waals surface area (Å²) in [6, 6.07) is 2.82. The van der Waals surface area contributed by atoms with Crippen LogP contribution in [0.25, 0.3) is 0 Å². The van der Waals surface area contributed by atoms with Crippen LogP contribution in [0.1, 0.15) is 107 Å². The number of amides is 4. The average molecular weight is 773 g/mol. The van der Waals surface area contributed by atoms with Gasteiger partial charge in [0, 0.05) is 29.6 Å². The van der Waals surface area contributed by atoms with Crippen molar-refractivity contribution >= 4 is 50.3 Å². The first-order valence-electron chi connectivity index (χ1n) is 18.5. The summed E-state index contributed by atoms with van der Waals surface area (Å²) in [5, 5.41) is 6.04. The number of unbranched alkanes of at least 4 members (excludes halogenated alkanes) is 3. The number of benzene rings is 1. The van der Waals surface area contributed by atoms with Crippen molar-refractivity contribution < 1.29 is 36.7 Å². The molecule has 0 radical (unpaired) electrons. The molecule has 3 N–H and O–H groups in total. The van der Waals surface area contributed by atoms with Gasteiger partial charge in [0.15, 0.2) is 5.13 Å². The van der Waals surface area contributed by atoms with Gasteiger partial charge in [-0.1, -0.05) is 51.0 Å². The zero-order chi connectivity index (χ0) is 37.9. The van der Waals surface area contributed by atoms with Crippen molar-refractivity contribution in [3.63, 3.8) is 0 Å². The van der Waals surface area contributed by atoms with Gasteiger partial charge in [-0.2, -0.15) is 0 Å². The molecule has 0 spiro atoms. The Kier molecular flexibility index (Phi) is 11.8. The molecule has 13 nitrogen and oxygen atoms in total. The van der Waals surface area contributed by atoms with Gasteiger partial charge in [-0.15, -0.1) is 11.3 Å². The van der Waals surface area contributed by atoms with Crippen molar-refractivity contribution in [2.75, 3.05) is 11.9 Å². The van der Waals surface area contributed by atoms with E-state index < -0.39 is 62.7 Å². The Morgan fingerprint density at radius 2 is 1.91 bits per heavy atom. The number of ether oxygens (including phenoxy) is 1. The molecule has 3 fully saturated rings. The van der Waals surface area contributed by atoms with E-state index >= 15 is 0 Å². The number of aromatic nitrogens is 1. The standard InChI is InChI=1S/C37H49FN6O7S2/c1-4-5-6-7-8-9-13-29(40-35-39-19-31(52-35)23(2)3)33(46)44-21-25(51-36(48)43-20-24-11-10-12-28(38)27(24)22-43)18-30(44)32(45)41-37(16-17-37)34(47)42-53(49,50)26-14-15-26/h4-5,10-12,19,23,25-26,29-30H,6-9,13-18,20-22H2,1-3H3,(H,39,40)(H,41,45)(H,42,47)/b5-4-/t25-,29+,30+/m1/s1. The van der Waals surface area contributed by atoms with Gasteiger partial charge in [0.1, 0.15) is 29.5 Å². The maximum Gasteiger partial charge on any atom is 0.410 e. The topological polar surface area (TPSA) is 167 Å². The van der Waals surface area contributed by atoms with Crippen LogP contribution in [-0.2, 0) is 42.2 Å². The molecule has 1 aromatic carbocycles. The molecule has 2 aliphatic heterocycles. The number of thiazole rings is 1. The van der Waals surface area contributed by atoms with Crippen molar-refractivity contribution in [1.82, 2.24) is 24.8 Å². The van der Waals surface area contributed by atoms with E-state index in [1.165, 1.54) is 27.2 Å². The number of rotatable bonds is 16. The third kappa shape index (κ3) is 9.19. The highest BCUT2D eigenvalue weighted by atomic mass is 32.2. The second-order valence-corrected chi connectivity index (χ2v) is 17.9. The lowest BCUT2D eigenvalue weighted by Crippen LogP contribution is -2.56. The van der Waals surface area contributed by atoms with E-state index in [2.05, 4.69) is 40.3 Å². The molecule has 0 bridgehead atoms. The van der Waals surface area contributed by atoms with E-state index in [0.717, 1.165) is 30.6 Å². The van der Waals surface area contributed by atoms with Crippen LogP contribution in [-0.4, -0.2) is 82.5 Å². The van der Waals surface area contributed by atoms with Crippen LogP contribution >= 0.6 is 11.3 Å². The number of halogens is 1. The molecule has 4 aliphatic rings. The van der Waals surface area contributed by atoms with Crippen molar-refractivity contribution in [3.05, 3.63) is 58.4 Å². The number of allylic oxidation sites excluding steroid dienone is 2. The summed E-state index contributed by atoms with van der Waals surface area (Å²) < 4.78 is 47.5. The van der Waals surface area contributed by atoms with Crippen molar-refractivity contribution in [2.24, 2.45) is 0 Å². The first-order chi connectivity index (χ1) is 25.3. The summed E-state index contributed by atoms with van der Waals surface area (Å²) in [6.45, 7) is 6.22. The number of likely N-dealkylation sites (tertiary alicyclic amines) is 1. The van der Waals surface area contributed by atoms with Gasteiger partial charge >= 0.3 is 6.09 Å². The van der Waals surface area contributed by atoms with E-state index in [1.54, 1.807) is 18.3 Å². The van der Waals surface area contributed by atoms with Gasteiger partial charge in [-0.3, -0.25) is 24.0 Å². The number of nitrogens with one attached hydrogen (secondary N) is 3. The zero-order valence-electron chi connectivity index (χ0n) is 30.4. The number of sulfonamides is 1. The minimum Gasteiger partial charge on any atom is -0.444 e.